The van der Waals surface area contributed by atoms with Crippen LogP contribution in [0.1, 0.15) is 44.4 Å². The lowest BCUT2D eigenvalue weighted by Crippen LogP contribution is -2.68. The van der Waals surface area contributed by atoms with Gasteiger partial charge in [-0.3, -0.25) is 4.79 Å². The number of carbonyl (C=O) groups excluding carboxylic acids is 1. The van der Waals surface area contributed by atoms with E-state index in [0.29, 0.717) is 5.69 Å². The van der Waals surface area contributed by atoms with Crippen LogP contribution in [0.3, 0.4) is 0 Å². The van der Waals surface area contributed by atoms with Crippen LogP contribution in [0.5, 0.6) is 0 Å². The van der Waals surface area contributed by atoms with Crippen molar-refractivity contribution in [2.24, 2.45) is 5.73 Å². The van der Waals surface area contributed by atoms with Gasteiger partial charge in [-0.05, 0) is 55.7 Å². The molecular formula is C27H30N2O3S. The first-order valence-corrected chi connectivity index (χ1v) is 12.7. The van der Waals surface area contributed by atoms with Gasteiger partial charge >= 0.3 is 0 Å². The summed E-state index contributed by atoms with van der Waals surface area (Å²) < 4.78 is 26.7. The zero-order valence-electron chi connectivity index (χ0n) is 19.4. The number of nitrogens with zero attached hydrogens (tertiary/aromatic N) is 1. The highest BCUT2D eigenvalue weighted by atomic mass is 32.2. The fraction of sp³-hybridized carbons (Fsp3) is 0.296. The minimum absolute atomic E-state index is 0.0946. The van der Waals surface area contributed by atoms with Crippen molar-refractivity contribution >= 4 is 21.4 Å². The van der Waals surface area contributed by atoms with Gasteiger partial charge in [0.1, 0.15) is 0 Å². The molecule has 4 rings (SSSR count). The highest BCUT2D eigenvalue weighted by Crippen LogP contribution is 2.50. The molecule has 3 aromatic rings. The summed E-state index contributed by atoms with van der Waals surface area (Å²) >= 11 is 0. The minimum atomic E-state index is -3.61. The molecule has 0 aliphatic carbocycles. The largest absolute Gasteiger partial charge is 0.325 e. The van der Waals surface area contributed by atoms with Crippen LogP contribution in [0.15, 0.2) is 83.8 Å². The summed E-state index contributed by atoms with van der Waals surface area (Å²) in [5, 5.41) is 0. The Kier molecular flexibility index (Phi) is 5.71. The standard InChI is InChI=1S/C27H30N2O3S/c1-19(30)29-24-16-15-22(33(31,32)18-20-11-7-5-8-12-20)17-23(24)27(4,25(28)26(29,2)3)21-13-9-6-10-14-21/h5-17,25H,18,28H2,1-4H3. The van der Waals surface area contributed by atoms with Gasteiger partial charge in [0.15, 0.2) is 9.84 Å². The van der Waals surface area contributed by atoms with Crippen LogP contribution in [-0.2, 0) is 25.8 Å². The Morgan fingerprint density at radius 1 is 0.939 bits per heavy atom. The summed E-state index contributed by atoms with van der Waals surface area (Å²) in [6.45, 7) is 7.48. The maximum atomic E-state index is 13.3. The van der Waals surface area contributed by atoms with E-state index in [0.717, 1.165) is 16.7 Å². The van der Waals surface area contributed by atoms with E-state index in [1.807, 2.05) is 69.3 Å². The molecule has 2 atom stereocenters. The second-order valence-electron chi connectivity index (χ2n) is 9.48. The molecule has 0 fully saturated rings. The Bertz CT molecular complexity index is 1290. The Labute approximate surface area is 196 Å². The third-order valence-electron chi connectivity index (χ3n) is 6.97. The smallest absolute Gasteiger partial charge is 0.224 e. The molecule has 1 aliphatic heterocycles. The lowest BCUT2D eigenvalue weighted by molar-refractivity contribution is -0.118. The van der Waals surface area contributed by atoms with Gasteiger partial charge in [0.05, 0.1) is 16.2 Å². The van der Waals surface area contributed by atoms with E-state index in [1.165, 1.54) is 6.92 Å². The SMILES string of the molecule is CC(=O)N1c2ccc(S(=O)(=O)Cc3ccccc3)cc2C(C)(c2ccccc2)C(N)C1(C)C. The molecule has 0 aromatic heterocycles. The summed E-state index contributed by atoms with van der Waals surface area (Å²) in [4.78, 5) is 14.7. The van der Waals surface area contributed by atoms with Gasteiger partial charge in [-0.2, -0.15) is 0 Å². The number of anilines is 1. The number of rotatable bonds is 4. The fourth-order valence-corrected chi connectivity index (χ4v) is 6.59. The monoisotopic (exact) mass is 462 g/mol. The van der Waals surface area contributed by atoms with E-state index in [1.54, 1.807) is 35.2 Å². The molecule has 33 heavy (non-hydrogen) atoms. The van der Waals surface area contributed by atoms with Gasteiger partial charge in [0.25, 0.3) is 0 Å². The molecule has 1 amide bonds. The van der Waals surface area contributed by atoms with E-state index in [9.17, 15) is 13.2 Å². The molecule has 0 spiro atoms. The topological polar surface area (TPSA) is 80.5 Å². The summed E-state index contributed by atoms with van der Waals surface area (Å²) in [5.74, 6) is -0.227. The van der Waals surface area contributed by atoms with Gasteiger partial charge in [0, 0.05) is 24.1 Å². The van der Waals surface area contributed by atoms with Gasteiger partial charge in [-0.25, -0.2) is 8.42 Å². The minimum Gasteiger partial charge on any atom is -0.325 e. The van der Waals surface area contributed by atoms with Gasteiger partial charge in [0.2, 0.25) is 5.91 Å². The van der Waals surface area contributed by atoms with Crippen LogP contribution < -0.4 is 10.6 Å². The Morgan fingerprint density at radius 2 is 1.52 bits per heavy atom. The predicted molar refractivity (Wildman–Crippen MR) is 132 cm³/mol. The number of carbonyl (C=O) groups is 1. The molecule has 3 aromatic carbocycles. The first-order chi connectivity index (χ1) is 15.5. The van der Waals surface area contributed by atoms with Crippen LogP contribution in [0.2, 0.25) is 0 Å². The van der Waals surface area contributed by atoms with Crippen molar-refractivity contribution in [1.29, 1.82) is 0 Å². The number of hydrogen-bond donors (Lipinski definition) is 1. The molecule has 0 radical (unpaired) electrons. The highest BCUT2D eigenvalue weighted by Gasteiger charge is 2.53. The summed E-state index contributed by atoms with van der Waals surface area (Å²) in [5.41, 5.74) is 8.65. The molecule has 2 N–H and O–H groups in total. The fourth-order valence-electron chi connectivity index (χ4n) is 5.21. The van der Waals surface area contributed by atoms with Crippen molar-refractivity contribution < 1.29 is 13.2 Å². The second kappa shape index (κ2) is 8.12. The van der Waals surface area contributed by atoms with Crippen molar-refractivity contribution in [1.82, 2.24) is 0 Å². The average Bonchev–Trinajstić information content (AvgIpc) is 2.78. The predicted octanol–water partition coefficient (Wildman–Crippen LogP) is 4.44. The molecular weight excluding hydrogens is 432 g/mol. The molecule has 5 nitrogen and oxygen atoms in total. The number of nitrogens with two attached hydrogens (primary N) is 1. The van der Waals surface area contributed by atoms with Crippen LogP contribution >= 0.6 is 0 Å². The van der Waals surface area contributed by atoms with E-state index in [-0.39, 0.29) is 16.6 Å². The van der Waals surface area contributed by atoms with E-state index >= 15 is 0 Å². The Morgan fingerprint density at radius 3 is 2.09 bits per heavy atom. The zero-order valence-corrected chi connectivity index (χ0v) is 20.3. The zero-order chi connectivity index (χ0) is 24.0. The summed E-state index contributed by atoms with van der Waals surface area (Å²) in [6, 6.07) is 23.6. The first-order valence-electron chi connectivity index (χ1n) is 11.0. The number of amides is 1. The van der Waals surface area contributed by atoms with Crippen LogP contribution in [0, 0.1) is 0 Å². The molecule has 1 aliphatic rings. The molecule has 0 saturated carbocycles. The van der Waals surface area contributed by atoms with Crippen LogP contribution in [-0.4, -0.2) is 25.9 Å². The quantitative estimate of drug-likeness (QED) is 0.622. The van der Waals surface area contributed by atoms with Crippen molar-refractivity contribution in [3.05, 3.63) is 95.6 Å². The molecule has 0 bridgehead atoms. The third-order valence-corrected chi connectivity index (χ3v) is 8.66. The third kappa shape index (κ3) is 3.77. The van der Waals surface area contributed by atoms with Crippen LogP contribution in [0.4, 0.5) is 5.69 Å². The molecule has 172 valence electrons. The number of hydrogen-bond acceptors (Lipinski definition) is 4. The Hall–Kier alpha value is -2.96. The van der Waals surface area contributed by atoms with Crippen molar-refractivity contribution in [2.75, 3.05) is 4.90 Å². The second-order valence-corrected chi connectivity index (χ2v) is 11.5. The van der Waals surface area contributed by atoms with E-state index < -0.39 is 26.8 Å². The summed E-state index contributed by atoms with van der Waals surface area (Å²) in [6.07, 6.45) is 0. The lowest BCUT2D eigenvalue weighted by atomic mass is 9.62. The normalized spacial score (nSPS) is 22.0. The number of sulfone groups is 1. The van der Waals surface area contributed by atoms with Gasteiger partial charge < -0.3 is 10.6 Å². The van der Waals surface area contributed by atoms with Crippen molar-refractivity contribution in [3.63, 3.8) is 0 Å². The maximum absolute atomic E-state index is 13.3. The Balaban J connectivity index is 1.95. The van der Waals surface area contributed by atoms with Crippen LogP contribution in [0.25, 0.3) is 0 Å². The lowest BCUT2D eigenvalue weighted by Gasteiger charge is -2.55. The van der Waals surface area contributed by atoms with Gasteiger partial charge in [-0.1, -0.05) is 60.7 Å². The molecule has 6 heteroatoms. The van der Waals surface area contributed by atoms with E-state index in [4.69, 9.17) is 5.73 Å². The van der Waals surface area contributed by atoms with Crippen molar-refractivity contribution in [2.45, 2.75) is 55.3 Å². The number of fused-ring (bicyclic) bond motifs is 1. The average molecular weight is 463 g/mol. The molecule has 2 unspecified atom stereocenters. The molecule has 0 saturated heterocycles. The summed E-state index contributed by atoms with van der Waals surface area (Å²) in [7, 11) is -3.61. The highest BCUT2D eigenvalue weighted by molar-refractivity contribution is 7.90. The maximum Gasteiger partial charge on any atom is 0.224 e. The van der Waals surface area contributed by atoms with Crippen molar-refractivity contribution in [3.8, 4) is 0 Å². The van der Waals surface area contributed by atoms with E-state index in [2.05, 4.69) is 0 Å². The first kappa shape index (κ1) is 23.2. The number of benzene rings is 3. The van der Waals surface area contributed by atoms with Gasteiger partial charge in [-0.15, -0.1) is 0 Å². The molecule has 1 heterocycles.